The molecule has 0 atom stereocenters. The fraction of sp³-hybridized carbons (Fsp3) is 0.222. The highest BCUT2D eigenvalue weighted by Gasteiger charge is 2.14. The molecule has 2 aromatic carbocycles. The summed E-state index contributed by atoms with van der Waals surface area (Å²) in [6.45, 7) is 5.32. The predicted octanol–water partition coefficient (Wildman–Crippen LogP) is 4.20. The average Bonchev–Trinajstić information content (AvgIpc) is 2.52. The van der Waals surface area contributed by atoms with E-state index in [1.54, 1.807) is 45.0 Å². The number of phenolic OH excluding ortho intramolecular Hbond substituents is 1. The maximum Gasteiger partial charge on any atom is 0.257 e. The van der Waals surface area contributed by atoms with E-state index in [1.165, 1.54) is 12.1 Å². The molecular weight excluding hydrogens is 328 g/mol. The van der Waals surface area contributed by atoms with E-state index in [0.29, 0.717) is 16.9 Å². The second kappa shape index (κ2) is 7.36. The monoisotopic (exact) mass is 346 g/mol. The van der Waals surface area contributed by atoms with Crippen molar-refractivity contribution in [3.05, 3.63) is 52.5 Å². The average molecular weight is 347 g/mol. The molecule has 2 amide bonds. The maximum absolute atomic E-state index is 12.4. The summed E-state index contributed by atoms with van der Waals surface area (Å²) in [5, 5.41) is 15.4. The van der Waals surface area contributed by atoms with E-state index in [1.807, 2.05) is 0 Å². The third-order valence-electron chi connectivity index (χ3n) is 3.47. The van der Waals surface area contributed by atoms with Crippen molar-refractivity contribution in [1.82, 2.24) is 0 Å². The van der Waals surface area contributed by atoms with Crippen LogP contribution in [0.1, 0.15) is 29.8 Å². The summed E-state index contributed by atoms with van der Waals surface area (Å²) in [4.78, 5) is 24.2. The minimum atomic E-state index is -0.427. The Kier molecular flexibility index (Phi) is 5.46. The quantitative estimate of drug-likeness (QED) is 0.776. The molecule has 0 saturated heterocycles. The predicted molar refractivity (Wildman–Crippen MR) is 95.7 cm³/mol. The molecule has 0 aliphatic rings. The standard InChI is InChI=1S/C18H19ClN2O3/c1-10(2)17(23)20-12-6-7-15(19)14(8-12)18(24)21-13-5-4-11(3)16(22)9-13/h4-10,22H,1-3H3,(H,20,23)(H,21,24). The van der Waals surface area contributed by atoms with Crippen LogP contribution in [-0.4, -0.2) is 16.9 Å². The fourth-order valence-electron chi connectivity index (χ4n) is 1.95. The van der Waals surface area contributed by atoms with Crippen molar-refractivity contribution in [2.75, 3.05) is 10.6 Å². The number of amides is 2. The van der Waals surface area contributed by atoms with Crippen LogP contribution < -0.4 is 10.6 Å². The number of carbonyl (C=O) groups is 2. The van der Waals surface area contributed by atoms with Crippen molar-refractivity contribution >= 4 is 34.8 Å². The smallest absolute Gasteiger partial charge is 0.257 e. The summed E-state index contributed by atoms with van der Waals surface area (Å²) < 4.78 is 0. The topological polar surface area (TPSA) is 78.4 Å². The first-order chi connectivity index (χ1) is 11.3. The number of aromatic hydroxyl groups is 1. The first-order valence-electron chi connectivity index (χ1n) is 7.49. The van der Waals surface area contributed by atoms with Gasteiger partial charge in [-0.2, -0.15) is 0 Å². The summed E-state index contributed by atoms with van der Waals surface area (Å²) in [6.07, 6.45) is 0. The van der Waals surface area contributed by atoms with Crippen molar-refractivity contribution < 1.29 is 14.7 Å². The van der Waals surface area contributed by atoms with Gasteiger partial charge in [-0.25, -0.2) is 0 Å². The number of aryl methyl sites for hydroxylation is 1. The Balaban J connectivity index is 2.21. The Labute approximate surface area is 145 Å². The van der Waals surface area contributed by atoms with Gasteiger partial charge in [0.15, 0.2) is 0 Å². The van der Waals surface area contributed by atoms with Gasteiger partial charge in [0, 0.05) is 23.4 Å². The molecule has 5 nitrogen and oxygen atoms in total. The van der Waals surface area contributed by atoms with Crippen molar-refractivity contribution in [2.45, 2.75) is 20.8 Å². The Morgan fingerprint density at radius 1 is 1.04 bits per heavy atom. The summed E-state index contributed by atoms with van der Waals surface area (Å²) in [5.74, 6) is -0.652. The van der Waals surface area contributed by atoms with E-state index in [0.717, 1.165) is 0 Å². The summed E-state index contributed by atoms with van der Waals surface area (Å²) in [7, 11) is 0. The molecular formula is C18H19ClN2O3. The number of hydrogen-bond acceptors (Lipinski definition) is 3. The van der Waals surface area contributed by atoms with E-state index >= 15 is 0 Å². The number of benzene rings is 2. The van der Waals surface area contributed by atoms with Crippen LogP contribution in [-0.2, 0) is 4.79 Å². The van der Waals surface area contributed by atoms with E-state index < -0.39 is 5.91 Å². The molecule has 0 fully saturated rings. The van der Waals surface area contributed by atoms with E-state index in [4.69, 9.17) is 11.6 Å². The highest BCUT2D eigenvalue weighted by atomic mass is 35.5. The van der Waals surface area contributed by atoms with Gasteiger partial charge in [-0.15, -0.1) is 0 Å². The largest absolute Gasteiger partial charge is 0.508 e. The molecule has 126 valence electrons. The first-order valence-corrected chi connectivity index (χ1v) is 7.87. The van der Waals surface area contributed by atoms with E-state index in [-0.39, 0.29) is 28.2 Å². The van der Waals surface area contributed by atoms with Crippen molar-refractivity contribution in [3.63, 3.8) is 0 Å². The lowest BCUT2D eigenvalue weighted by Gasteiger charge is -2.11. The number of carbonyl (C=O) groups excluding carboxylic acids is 2. The molecule has 2 rings (SSSR count). The minimum absolute atomic E-state index is 0.0943. The lowest BCUT2D eigenvalue weighted by molar-refractivity contribution is -0.118. The molecule has 6 heteroatoms. The molecule has 0 aromatic heterocycles. The lowest BCUT2D eigenvalue weighted by atomic mass is 10.1. The van der Waals surface area contributed by atoms with Gasteiger partial charge in [0.2, 0.25) is 5.91 Å². The molecule has 0 aliphatic heterocycles. The third kappa shape index (κ3) is 4.26. The van der Waals surface area contributed by atoms with Gasteiger partial charge in [0.1, 0.15) is 5.75 Å². The molecule has 2 aromatic rings. The SMILES string of the molecule is Cc1ccc(NC(=O)c2cc(NC(=O)C(C)C)ccc2Cl)cc1O. The zero-order valence-electron chi connectivity index (χ0n) is 13.7. The summed E-state index contributed by atoms with van der Waals surface area (Å²) in [5.41, 5.74) is 1.90. The van der Waals surface area contributed by atoms with E-state index in [9.17, 15) is 14.7 Å². The van der Waals surface area contributed by atoms with Gasteiger partial charge in [0.05, 0.1) is 10.6 Å². The second-order valence-corrected chi connectivity index (χ2v) is 6.20. The molecule has 3 N–H and O–H groups in total. The van der Waals surface area contributed by atoms with Crippen molar-refractivity contribution in [1.29, 1.82) is 0 Å². The normalized spacial score (nSPS) is 10.5. The summed E-state index contributed by atoms with van der Waals surface area (Å²) >= 11 is 6.09. The van der Waals surface area contributed by atoms with Crippen LogP contribution in [0.2, 0.25) is 5.02 Å². The van der Waals surface area contributed by atoms with Gasteiger partial charge in [0.25, 0.3) is 5.91 Å². The van der Waals surface area contributed by atoms with Crippen LogP contribution in [0.4, 0.5) is 11.4 Å². The number of phenols is 1. The molecule has 0 aliphatic carbocycles. The van der Waals surface area contributed by atoms with Crippen LogP contribution >= 0.6 is 11.6 Å². The van der Waals surface area contributed by atoms with Crippen LogP contribution in [0.25, 0.3) is 0 Å². The number of anilines is 2. The highest BCUT2D eigenvalue weighted by molar-refractivity contribution is 6.34. The van der Waals surface area contributed by atoms with Gasteiger partial charge in [-0.1, -0.05) is 31.5 Å². The van der Waals surface area contributed by atoms with E-state index in [2.05, 4.69) is 10.6 Å². The van der Waals surface area contributed by atoms with Gasteiger partial charge >= 0.3 is 0 Å². The Bertz CT molecular complexity index is 788. The Hall–Kier alpha value is -2.53. The first kappa shape index (κ1) is 17.8. The minimum Gasteiger partial charge on any atom is -0.508 e. The fourth-order valence-corrected chi connectivity index (χ4v) is 2.15. The molecule has 0 radical (unpaired) electrons. The number of nitrogens with one attached hydrogen (secondary N) is 2. The third-order valence-corrected chi connectivity index (χ3v) is 3.80. The summed E-state index contributed by atoms with van der Waals surface area (Å²) in [6, 6.07) is 9.56. The van der Waals surface area contributed by atoms with Gasteiger partial charge < -0.3 is 15.7 Å². The molecule has 0 saturated carbocycles. The van der Waals surface area contributed by atoms with Crippen LogP contribution in [0.15, 0.2) is 36.4 Å². The van der Waals surface area contributed by atoms with Crippen LogP contribution in [0, 0.1) is 12.8 Å². The lowest BCUT2D eigenvalue weighted by Crippen LogP contribution is -2.18. The number of hydrogen-bond donors (Lipinski definition) is 3. The zero-order valence-corrected chi connectivity index (χ0v) is 14.4. The highest BCUT2D eigenvalue weighted by Crippen LogP contribution is 2.24. The molecule has 24 heavy (non-hydrogen) atoms. The number of halogens is 1. The van der Waals surface area contributed by atoms with Crippen molar-refractivity contribution in [2.24, 2.45) is 5.92 Å². The maximum atomic E-state index is 12.4. The number of rotatable bonds is 4. The van der Waals surface area contributed by atoms with Gasteiger partial charge in [-0.05, 0) is 36.8 Å². The molecule has 0 spiro atoms. The van der Waals surface area contributed by atoms with Crippen LogP contribution in [0.5, 0.6) is 5.75 Å². The van der Waals surface area contributed by atoms with Crippen LogP contribution in [0.3, 0.4) is 0 Å². The molecule has 0 bridgehead atoms. The van der Waals surface area contributed by atoms with Crippen molar-refractivity contribution in [3.8, 4) is 5.75 Å². The molecule has 0 heterocycles. The Morgan fingerprint density at radius 3 is 2.29 bits per heavy atom. The second-order valence-electron chi connectivity index (χ2n) is 5.79. The van der Waals surface area contributed by atoms with Gasteiger partial charge in [-0.3, -0.25) is 9.59 Å². The Morgan fingerprint density at radius 2 is 1.67 bits per heavy atom. The molecule has 0 unspecified atom stereocenters. The zero-order chi connectivity index (χ0) is 17.9.